The van der Waals surface area contributed by atoms with Crippen molar-refractivity contribution in [2.24, 2.45) is 0 Å². The van der Waals surface area contributed by atoms with Gasteiger partial charge in [-0.3, -0.25) is 0 Å². The van der Waals surface area contributed by atoms with Crippen molar-refractivity contribution in [2.75, 3.05) is 7.11 Å². The number of hydrogen-bond acceptors (Lipinski definition) is 23. The first-order chi connectivity index (χ1) is 41.4. The van der Waals surface area contributed by atoms with Gasteiger partial charge in [0, 0.05) is 94.6 Å². The smallest absolute Gasteiger partial charge is 0.305 e. The predicted octanol–water partition coefficient (Wildman–Crippen LogP) is 6.77. The summed E-state index contributed by atoms with van der Waals surface area (Å²) in [5, 5.41) is 207. The SMILES string of the molecule is COC1Cc2c(O)cc(O)c(C(C)c3c(O)cc(O)c4c3OC3(c5ccc(O)c(O)c5)Oc5cc(O)c6c(c5C4C3O)OC(c3ccc(O)c(O)c3)C(O)C6c3c(O)cc(O)c4c3OC(c3ccc(O)c(O)c3)C(O)C4)c2[OH+]C1c1ccc(O)c(O)c1. The van der Waals surface area contributed by atoms with E-state index in [9.17, 15) is 91.9 Å². The molecule has 0 aromatic heterocycles. The number of ether oxygens (including phenoxy) is 6. The van der Waals surface area contributed by atoms with Gasteiger partial charge in [-0.2, -0.15) is 0 Å². The second-order valence-electron chi connectivity index (χ2n) is 22.2. The van der Waals surface area contributed by atoms with Crippen molar-refractivity contribution in [1.82, 2.24) is 0 Å². The van der Waals surface area contributed by atoms with Crippen molar-refractivity contribution < 1.29 is 120 Å². The lowest BCUT2D eigenvalue weighted by Gasteiger charge is -2.51. The van der Waals surface area contributed by atoms with Gasteiger partial charge in [0.2, 0.25) is 6.10 Å². The molecule has 0 spiro atoms. The first-order valence-corrected chi connectivity index (χ1v) is 27.1. The Morgan fingerprint density at radius 1 is 0.460 bits per heavy atom. The third kappa shape index (κ3) is 8.34. The molecule has 19 N–H and O–H groups in total. The standard InChI is InChI=1S/C63H54O24/c1-21(46-38(74)17-33(69)27-16-45(82-2)56(84-58(27)46)23-4-8-29(65)35(71)12-23)47-39(75)19-41(77)50-53-51-44(86-63(62(53)81,87-61(47)50)25-6-10-31(67)37(73)14-25)20-42(78)49-52(54(80)57(85-60(49)51)24-5-9-30(66)36(72)13-24)48-40(76)18-32(68)26-15-43(79)55(83-59(26)48)22-3-7-28(64)34(70)11-22/h3-14,17-21,43,45,52-57,62,64-81H,15-16H2,1-2H3/p+1. The Kier molecular flexibility index (Phi) is 12.7. The summed E-state index contributed by atoms with van der Waals surface area (Å²) in [5.74, 6) is -18.0. The van der Waals surface area contributed by atoms with Crippen LogP contribution in [0.25, 0.3) is 0 Å². The average Bonchev–Trinajstić information content (AvgIpc) is 0.713. The molecule has 0 aliphatic carbocycles. The second-order valence-corrected chi connectivity index (χ2v) is 22.2. The van der Waals surface area contributed by atoms with Crippen LogP contribution in [0.5, 0.6) is 115 Å². The van der Waals surface area contributed by atoms with Crippen LogP contribution in [0.3, 0.4) is 0 Å². The van der Waals surface area contributed by atoms with Gasteiger partial charge >= 0.3 is 5.79 Å². The Hall–Kier alpha value is -10.4. The Balaban J connectivity index is 1.06. The fourth-order valence-corrected chi connectivity index (χ4v) is 13.2. The minimum Gasteiger partial charge on any atom is -0.575 e. The van der Waals surface area contributed by atoms with E-state index in [1.165, 1.54) is 50.4 Å². The van der Waals surface area contributed by atoms with Crippen LogP contribution in [0, 0.1) is 0 Å². The van der Waals surface area contributed by atoms with E-state index in [0.717, 1.165) is 60.7 Å². The molecule has 5 aliphatic rings. The first-order valence-electron chi connectivity index (χ1n) is 27.1. The highest BCUT2D eigenvalue weighted by atomic mass is 16.7. The van der Waals surface area contributed by atoms with E-state index in [1.807, 2.05) is 0 Å². The average molecular weight is 1200 g/mol. The highest BCUT2D eigenvalue weighted by molar-refractivity contribution is 5.74. The van der Waals surface area contributed by atoms with Crippen LogP contribution in [0.1, 0.15) is 110 Å². The van der Waals surface area contributed by atoms with Gasteiger partial charge < -0.3 is 120 Å². The molecular weight excluding hydrogens is 1140 g/mol. The van der Waals surface area contributed by atoms with Gasteiger partial charge in [-0.05, 0) is 71.8 Å². The lowest BCUT2D eigenvalue weighted by molar-refractivity contribution is -0.219. The largest absolute Gasteiger partial charge is 0.575 e. The lowest BCUT2D eigenvalue weighted by Crippen LogP contribution is -2.58. The number of hydrogen-bond donors (Lipinski definition) is 18. The Morgan fingerprint density at radius 2 is 0.966 bits per heavy atom. The summed E-state index contributed by atoms with van der Waals surface area (Å²) in [6.07, 6.45) is -10.8. The quantitative estimate of drug-likeness (QED) is 0.0551. The molecule has 2 bridgehead atoms. The van der Waals surface area contributed by atoms with E-state index in [1.54, 1.807) is 0 Å². The lowest BCUT2D eigenvalue weighted by atomic mass is 9.71. The Labute approximate surface area is 490 Å². The molecule has 5 aliphatic heterocycles. The number of methoxy groups -OCH3 is 1. The summed E-state index contributed by atoms with van der Waals surface area (Å²) in [5.41, 5.74) is -1.20. The van der Waals surface area contributed by atoms with E-state index >= 15 is 0 Å². The molecule has 13 rings (SSSR count). The van der Waals surface area contributed by atoms with Crippen LogP contribution < -0.4 is 18.9 Å². The Morgan fingerprint density at radius 3 is 1.59 bits per heavy atom. The van der Waals surface area contributed by atoms with E-state index in [0.29, 0.717) is 5.56 Å². The number of aliphatic hydroxyl groups is 4. The molecule has 11 atom stereocenters. The predicted molar refractivity (Wildman–Crippen MR) is 298 cm³/mol. The van der Waals surface area contributed by atoms with E-state index in [-0.39, 0.29) is 91.3 Å². The molecule has 450 valence electrons. The van der Waals surface area contributed by atoms with E-state index < -0.39 is 164 Å². The molecule has 8 aromatic rings. The molecule has 24 nitrogen and oxygen atoms in total. The van der Waals surface area contributed by atoms with Crippen LogP contribution in [0.4, 0.5) is 0 Å². The topological polar surface area (TPSA) is 423 Å². The van der Waals surface area contributed by atoms with Gasteiger partial charge in [0.25, 0.3) is 5.75 Å². The van der Waals surface area contributed by atoms with Gasteiger partial charge in [-0.1, -0.05) is 19.1 Å². The third-order valence-corrected chi connectivity index (χ3v) is 17.3. The number of fused-ring (bicyclic) bond motifs is 10. The molecule has 0 saturated heterocycles. The zero-order valence-electron chi connectivity index (χ0n) is 45.5. The minimum atomic E-state index is -2.62. The highest BCUT2D eigenvalue weighted by Gasteiger charge is 2.62. The summed E-state index contributed by atoms with van der Waals surface area (Å²) in [4.78, 5) is 0. The summed E-state index contributed by atoms with van der Waals surface area (Å²) < 4.78 is 37.7. The normalized spacial score (nSPS) is 24.2. The molecule has 87 heavy (non-hydrogen) atoms. The van der Waals surface area contributed by atoms with Crippen molar-refractivity contribution in [2.45, 2.75) is 86.0 Å². The van der Waals surface area contributed by atoms with Crippen molar-refractivity contribution in [3.05, 3.63) is 164 Å². The van der Waals surface area contributed by atoms with Gasteiger partial charge in [-0.15, -0.1) is 0 Å². The van der Waals surface area contributed by atoms with Crippen molar-refractivity contribution in [1.29, 1.82) is 0 Å². The Bertz CT molecular complexity index is 4200. The van der Waals surface area contributed by atoms with Crippen LogP contribution >= 0.6 is 0 Å². The number of phenolic OH excluding ortho intramolecular Hbond substituents is 15. The maximum absolute atomic E-state index is 13.3. The van der Waals surface area contributed by atoms with Gasteiger partial charge in [0.15, 0.2) is 52.1 Å². The summed E-state index contributed by atoms with van der Waals surface area (Å²) in [6.45, 7) is 1.52. The fraction of sp³-hybridized carbons (Fsp3) is 0.238. The zero-order valence-corrected chi connectivity index (χ0v) is 45.5. The maximum Gasteiger partial charge on any atom is 0.305 e. The number of rotatable bonds is 8. The molecule has 0 radical (unpaired) electrons. The van der Waals surface area contributed by atoms with Crippen molar-refractivity contribution >= 4 is 0 Å². The molecule has 0 saturated carbocycles. The van der Waals surface area contributed by atoms with Gasteiger partial charge in [0.05, 0.1) is 29.1 Å². The summed E-state index contributed by atoms with van der Waals surface area (Å²) in [7, 11) is 1.41. The molecule has 0 fully saturated rings. The van der Waals surface area contributed by atoms with E-state index in [4.69, 9.17) is 28.4 Å². The highest BCUT2D eigenvalue weighted by Crippen LogP contribution is 2.67. The van der Waals surface area contributed by atoms with E-state index in [2.05, 4.69) is 0 Å². The second kappa shape index (κ2) is 19.8. The van der Waals surface area contributed by atoms with Crippen LogP contribution in [0.15, 0.2) is 97.1 Å². The van der Waals surface area contributed by atoms with Crippen LogP contribution in [-0.2, 0) is 23.4 Å². The van der Waals surface area contributed by atoms with Gasteiger partial charge in [0.1, 0.15) is 87.7 Å². The summed E-state index contributed by atoms with van der Waals surface area (Å²) in [6, 6.07) is 18.3. The molecule has 0 amide bonds. The van der Waals surface area contributed by atoms with Crippen LogP contribution in [-0.4, -0.2) is 128 Å². The zero-order chi connectivity index (χ0) is 61.7. The summed E-state index contributed by atoms with van der Waals surface area (Å²) >= 11 is 0. The van der Waals surface area contributed by atoms with Crippen molar-refractivity contribution in [3.63, 3.8) is 0 Å². The van der Waals surface area contributed by atoms with Crippen molar-refractivity contribution in [3.8, 4) is 115 Å². The minimum absolute atomic E-state index is 0.00226. The monoisotopic (exact) mass is 1200 g/mol. The molecule has 8 aromatic carbocycles. The van der Waals surface area contributed by atoms with Gasteiger partial charge in [-0.25, -0.2) is 0 Å². The van der Waals surface area contributed by atoms with Crippen LogP contribution in [0.2, 0.25) is 0 Å². The fourth-order valence-electron chi connectivity index (χ4n) is 13.2. The molecular formula is C63H55O24+. The maximum atomic E-state index is 13.3. The number of benzene rings is 8. The molecule has 5 heterocycles. The molecule has 11 unspecified atom stereocenters. The number of aromatic hydroxyl groups is 16. The number of aliphatic hydroxyl groups excluding tert-OH is 3. The first kappa shape index (κ1) is 55.8. The number of phenols is 15. The third-order valence-electron chi connectivity index (χ3n) is 17.3. The molecule has 24 heteroatoms.